The lowest BCUT2D eigenvalue weighted by Gasteiger charge is -2.24. The van der Waals surface area contributed by atoms with Gasteiger partial charge in [0, 0.05) is 6.04 Å². The summed E-state index contributed by atoms with van der Waals surface area (Å²) in [5.74, 6) is 0.296. The van der Waals surface area contributed by atoms with Gasteiger partial charge in [-0.1, -0.05) is 19.1 Å². The summed E-state index contributed by atoms with van der Waals surface area (Å²) in [5.41, 5.74) is 7.39. The third-order valence-electron chi connectivity index (χ3n) is 3.04. The Morgan fingerprint density at radius 2 is 2.12 bits per heavy atom. The molecule has 0 aliphatic rings. The van der Waals surface area contributed by atoms with Crippen LogP contribution in [0.15, 0.2) is 18.2 Å². The molecule has 0 radical (unpaired) electrons. The summed E-state index contributed by atoms with van der Waals surface area (Å²) < 4.78 is 13.2. The number of benzene rings is 1. The fourth-order valence-corrected chi connectivity index (χ4v) is 2.07. The molecule has 0 amide bonds. The molecule has 1 aromatic rings. The molecule has 3 N–H and O–H groups in total. The second-order valence-electron chi connectivity index (χ2n) is 4.33. The minimum Gasteiger partial charge on any atom is -0.330 e. The van der Waals surface area contributed by atoms with Crippen LogP contribution in [-0.4, -0.2) is 13.6 Å². The fraction of sp³-hybridized carbons (Fsp3) is 0.538. The quantitative estimate of drug-likeness (QED) is 0.806. The minimum atomic E-state index is -0.148. The summed E-state index contributed by atoms with van der Waals surface area (Å²) in [6.45, 7) is 4.63. The summed E-state index contributed by atoms with van der Waals surface area (Å²) in [7, 11) is 1.93. The summed E-state index contributed by atoms with van der Waals surface area (Å²) in [6, 6.07) is 5.52. The van der Waals surface area contributed by atoms with Gasteiger partial charge in [-0.3, -0.25) is 0 Å². The Hall–Kier alpha value is -0.930. The third-order valence-corrected chi connectivity index (χ3v) is 3.04. The van der Waals surface area contributed by atoms with Crippen molar-refractivity contribution < 1.29 is 4.39 Å². The standard InChI is InChI=1S/C13H21FN2/c1-9(6-7-15)13(16-3)11-4-5-12(14)10(2)8-11/h4-5,8-9,13,16H,6-7,15H2,1-3H3. The lowest BCUT2D eigenvalue weighted by Crippen LogP contribution is -2.25. The summed E-state index contributed by atoms with van der Waals surface area (Å²) >= 11 is 0. The number of rotatable bonds is 5. The van der Waals surface area contributed by atoms with Gasteiger partial charge in [-0.2, -0.15) is 0 Å². The predicted octanol–water partition coefficient (Wildman–Crippen LogP) is 2.38. The largest absolute Gasteiger partial charge is 0.330 e. The van der Waals surface area contributed by atoms with E-state index in [4.69, 9.17) is 5.73 Å². The predicted molar refractivity (Wildman–Crippen MR) is 65.8 cm³/mol. The van der Waals surface area contributed by atoms with Gasteiger partial charge in [0.05, 0.1) is 0 Å². The van der Waals surface area contributed by atoms with Crippen molar-refractivity contribution in [3.63, 3.8) is 0 Å². The molecule has 1 rings (SSSR count). The molecular formula is C13H21FN2. The Morgan fingerprint density at radius 3 is 2.62 bits per heavy atom. The molecule has 0 aliphatic heterocycles. The van der Waals surface area contributed by atoms with Gasteiger partial charge in [-0.15, -0.1) is 0 Å². The van der Waals surface area contributed by atoms with Crippen molar-refractivity contribution in [2.45, 2.75) is 26.3 Å². The molecule has 0 spiro atoms. The van der Waals surface area contributed by atoms with Gasteiger partial charge in [0.25, 0.3) is 0 Å². The summed E-state index contributed by atoms with van der Waals surface area (Å²) in [5, 5.41) is 3.27. The highest BCUT2D eigenvalue weighted by molar-refractivity contribution is 5.26. The molecule has 0 saturated heterocycles. The third kappa shape index (κ3) is 3.03. The average Bonchev–Trinajstić information content (AvgIpc) is 2.25. The summed E-state index contributed by atoms with van der Waals surface area (Å²) in [6.07, 6.45) is 0.960. The van der Waals surface area contributed by atoms with E-state index in [1.165, 1.54) is 6.07 Å². The van der Waals surface area contributed by atoms with Crippen molar-refractivity contribution >= 4 is 0 Å². The maximum Gasteiger partial charge on any atom is 0.126 e. The van der Waals surface area contributed by atoms with Crippen LogP contribution in [0.1, 0.15) is 30.5 Å². The Labute approximate surface area is 97.0 Å². The number of halogens is 1. The van der Waals surface area contributed by atoms with Crippen molar-refractivity contribution in [1.82, 2.24) is 5.32 Å². The van der Waals surface area contributed by atoms with E-state index in [9.17, 15) is 4.39 Å². The molecule has 2 nitrogen and oxygen atoms in total. The monoisotopic (exact) mass is 224 g/mol. The topological polar surface area (TPSA) is 38.0 Å². The van der Waals surface area contributed by atoms with Crippen LogP contribution in [0.4, 0.5) is 4.39 Å². The van der Waals surface area contributed by atoms with E-state index >= 15 is 0 Å². The van der Waals surface area contributed by atoms with Crippen LogP contribution in [0, 0.1) is 18.7 Å². The first kappa shape index (κ1) is 13.1. The minimum absolute atomic E-state index is 0.148. The Morgan fingerprint density at radius 1 is 1.44 bits per heavy atom. The number of aryl methyl sites for hydroxylation is 1. The van der Waals surface area contributed by atoms with E-state index in [2.05, 4.69) is 12.2 Å². The van der Waals surface area contributed by atoms with Crippen molar-refractivity contribution in [1.29, 1.82) is 0 Å². The van der Waals surface area contributed by atoms with Crippen LogP contribution < -0.4 is 11.1 Å². The molecule has 3 heteroatoms. The van der Waals surface area contributed by atoms with Gasteiger partial charge in [0.1, 0.15) is 5.82 Å². The van der Waals surface area contributed by atoms with Crippen LogP contribution in [0.5, 0.6) is 0 Å². The van der Waals surface area contributed by atoms with E-state index in [-0.39, 0.29) is 11.9 Å². The van der Waals surface area contributed by atoms with Gasteiger partial charge in [0.2, 0.25) is 0 Å². The molecule has 16 heavy (non-hydrogen) atoms. The summed E-state index contributed by atoms with van der Waals surface area (Å²) in [4.78, 5) is 0. The first-order valence-electron chi connectivity index (χ1n) is 5.73. The Balaban J connectivity index is 2.90. The molecule has 0 bridgehead atoms. The molecule has 0 saturated carbocycles. The van der Waals surface area contributed by atoms with Gasteiger partial charge in [-0.05, 0) is 50.0 Å². The van der Waals surface area contributed by atoms with E-state index in [0.29, 0.717) is 18.0 Å². The number of nitrogens with two attached hydrogens (primary N) is 1. The SMILES string of the molecule is CNC(c1ccc(F)c(C)c1)C(C)CCN. The van der Waals surface area contributed by atoms with Crippen molar-refractivity contribution in [3.8, 4) is 0 Å². The smallest absolute Gasteiger partial charge is 0.126 e. The number of hydrogen-bond acceptors (Lipinski definition) is 2. The first-order chi connectivity index (χ1) is 7.60. The second kappa shape index (κ2) is 5.97. The highest BCUT2D eigenvalue weighted by Crippen LogP contribution is 2.25. The molecule has 0 fully saturated rings. The normalized spacial score (nSPS) is 14.8. The lowest BCUT2D eigenvalue weighted by atomic mass is 9.91. The molecule has 0 aromatic heterocycles. The average molecular weight is 224 g/mol. The van der Waals surface area contributed by atoms with Crippen LogP contribution in [0.3, 0.4) is 0 Å². The zero-order valence-corrected chi connectivity index (χ0v) is 10.3. The molecule has 0 heterocycles. The molecule has 0 aliphatic carbocycles. The second-order valence-corrected chi connectivity index (χ2v) is 4.33. The number of nitrogens with one attached hydrogen (secondary N) is 1. The van der Waals surface area contributed by atoms with Gasteiger partial charge in [0.15, 0.2) is 0 Å². The number of hydrogen-bond donors (Lipinski definition) is 2. The maximum absolute atomic E-state index is 13.2. The highest BCUT2D eigenvalue weighted by atomic mass is 19.1. The van der Waals surface area contributed by atoms with E-state index in [1.807, 2.05) is 19.2 Å². The van der Waals surface area contributed by atoms with E-state index in [1.54, 1.807) is 6.92 Å². The maximum atomic E-state index is 13.2. The van der Waals surface area contributed by atoms with Gasteiger partial charge in [-0.25, -0.2) is 4.39 Å². The van der Waals surface area contributed by atoms with Crippen LogP contribution in [0.2, 0.25) is 0 Å². The first-order valence-corrected chi connectivity index (χ1v) is 5.73. The lowest BCUT2D eigenvalue weighted by molar-refractivity contribution is 0.391. The molecular weight excluding hydrogens is 203 g/mol. The van der Waals surface area contributed by atoms with Gasteiger partial charge < -0.3 is 11.1 Å². The van der Waals surface area contributed by atoms with E-state index in [0.717, 1.165) is 12.0 Å². The molecule has 2 unspecified atom stereocenters. The Kier molecular flexibility index (Phi) is 4.90. The van der Waals surface area contributed by atoms with Crippen LogP contribution in [0.25, 0.3) is 0 Å². The molecule has 2 atom stereocenters. The van der Waals surface area contributed by atoms with Crippen LogP contribution >= 0.6 is 0 Å². The van der Waals surface area contributed by atoms with Crippen molar-refractivity contribution in [2.75, 3.05) is 13.6 Å². The van der Waals surface area contributed by atoms with Gasteiger partial charge >= 0.3 is 0 Å². The molecule has 90 valence electrons. The van der Waals surface area contributed by atoms with Crippen molar-refractivity contribution in [3.05, 3.63) is 35.1 Å². The van der Waals surface area contributed by atoms with Crippen LogP contribution in [-0.2, 0) is 0 Å². The van der Waals surface area contributed by atoms with Crippen molar-refractivity contribution in [2.24, 2.45) is 11.7 Å². The van der Waals surface area contributed by atoms with E-state index < -0.39 is 0 Å². The highest BCUT2D eigenvalue weighted by Gasteiger charge is 2.17. The fourth-order valence-electron chi connectivity index (χ4n) is 2.07. The molecule has 1 aromatic carbocycles. The Bertz CT molecular complexity index is 339. The zero-order chi connectivity index (χ0) is 12.1. The zero-order valence-electron chi connectivity index (χ0n) is 10.3.